The number of piperidine rings is 1. The Bertz CT molecular complexity index is 1010. The van der Waals surface area contributed by atoms with Gasteiger partial charge in [0.25, 0.3) is 0 Å². The maximum absolute atomic E-state index is 12.4. The van der Waals surface area contributed by atoms with Crippen LogP contribution in [0.2, 0.25) is 0 Å². The zero-order chi connectivity index (χ0) is 24.6. The summed E-state index contributed by atoms with van der Waals surface area (Å²) in [5.41, 5.74) is 2.82. The van der Waals surface area contributed by atoms with Gasteiger partial charge in [-0.25, -0.2) is 4.98 Å². The van der Waals surface area contributed by atoms with Gasteiger partial charge in [-0.1, -0.05) is 6.92 Å². The van der Waals surface area contributed by atoms with Crippen LogP contribution >= 0.6 is 0 Å². The minimum absolute atomic E-state index is 0.0830. The average molecular weight is 482 g/mol. The smallest absolute Gasteiger partial charge is 0.224 e. The molecule has 4 rings (SSSR count). The Labute approximate surface area is 208 Å². The van der Waals surface area contributed by atoms with Crippen LogP contribution in [0.4, 0.5) is 11.5 Å². The minimum atomic E-state index is -0.155. The third kappa shape index (κ3) is 7.39. The number of anilines is 2. The lowest BCUT2D eigenvalue weighted by Gasteiger charge is -2.31. The third-order valence-corrected chi connectivity index (χ3v) is 7.05. The van der Waals surface area contributed by atoms with Crippen LogP contribution in [0, 0.1) is 12.8 Å². The number of fused-ring (bicyclic) bond motifs is 1. The van der Waals surface area contributed by atoms with Gasteiger partial charge in [0.1, 0.15) is 5.82 Å². The highest BCUT2D eigenvalue weighted by Crippen LogP contribution is 2.28. The summed E-state index contributed by atoms with van der Waals surface area (Å²) in [6.45, 7) is 11.6. The third-order valence-electron chi connectivity index (χ3n) is 7.05. The second-order valence-electron chi connectivity index (χ2n) is 9.90. The van der Waals surface area contributed by atoms with Crippen molar-refractivity contribution in [2.24, 2.45) is 5.92 Å². The molecule has 2 fully saturated rings. The molecular formula is C27H39N5O3. The van der Waals surface area contributed by atoms with Gasteiger partial charge in [-0.2, -0.15) is 0 Å². The van der Waals surface area contributed by atoms with Gasteiger partial charge < -0.3 is 20.3 Å². The average Bonchev–Trinajstić information content (AvgIpc) is 2.87. The predicted octanol–water partition coefficient (Wildman–Crippen LogP) is 3.34. The number of rotatable bonds is 9. The number of amides is 2. The van der Waals surface area contributed by atoms with Crippen molar-refractivity contribution in [3.63, 3.8) is 0 Å². The van der Waals surface area contributed by atoms with E-state index in [0.717, 1.165) is 86.2 Å². The first-order chi connectivity index (χ1) is 17.0. The molecule has 2 aromatic rings. The van der Waals surface area contributed by atoms with Crippen molar-refractivity contribution >= 4 is 34.2 Å². The number of carbonyl (C=O) groups is 2. The number of pyridine rings is 1. The van der Waals surface area contributed by atoms with E-state index in [-0.39, 0.29) is 24.7 Å². The van der Waals surface area contributed by atoms with E-state index >= 15 is 0 Å². The molecule has 1 aromatic carbocycles. The number of benzene rings is 1. The van der Waals surface area contributed by atoms with Crippen LogP contribution in [-0.4, -0.2) is 74.2 Å². The first-order valence-corrected chi connectivity index (χ1v) is 13.0. The van der Waals surface area contributed by atoms with E-state index in [1.54, 1.807) is 0 Å². The van der Waals surface area contributed by atoms with Gasteiger partial charge >= 0.3 is 0 Å². The fraction of sp³-hybridized carbons (Fsp3) is 0.593. The van der Waals surface area contributed by atoms with Crippen LogP contribution in [-0.2, 0) is 14.3 Å². The highest BCUT2D eigenvalue weighted by atomic mass is 16.5. The van der Waals surface area contributed by atoms with Crippen molar-refractivity contribution in [3.05, 3.63) is 29.8 Å². The Morgan fingerprint density at radius 3 is 2.57 bits per heavy atom. The minimum Gasteiger partial charge on any atom is -0.379 e. The summed E-state index contributed by atoms with van der Waals surface area (Å²) in [5, 5.41) is 6.89. The molecule has 8 heteroatoms. The fourth-order valence-corrected chi connectivity index (χ4v) is 4.75. The van der Waals surface area contributed by atoms with Gasteiger partial charge in [-0.05, 0) is 68.5 Å². The zero-order valence-electron chi connectivity index (χ0n) is 21.1. The molecule has 8 nitrogen and oxygen atoms in total. The van der Waals surface area contributed by atoms with Gasteiger partial charge in [0.15, 0.2) is 0 Å². The van der Waals surface area contributed by atoms with Gasteiger partial charge in [0, 0.05) is 56.6 Å². The summed E-state index contributed by atoms with van der Waals surface area (Å²) in [6.07, 6.45) is 3.67. The van der Waals surface area contributed by atoms with Crippen LogP contribution in [0.25, 0.3) is 10.9 Å². The first kappa shape index (κ1) is 25.4. The summed E-state index contributed by atoms with van der Waals surface area (Å²) in [4.78, 5) is 34.1. The van der Waals surface area contributed by atoms with Crippen LogP contribution < -0.4 is 15.5 Å². The number of hydrogen-bond acceptors (Lipinski definition) is 6. The lowest BCUT2D eigenvalue weighted by atomic mass is 9.99. The Hall–Kier alpha value is -2.71. The summed E-state index contributed by atoms with van der Waals surface area (Å²) in [5.74, 6) is 1.58. The molecule has 0 atom stereocenters. The first-order valence-electron chi connectivity index (χ1n) is 13.0. The quantitative estimate of drug-likeness (QED) is 0.535. The molecule has 2 saturated heterocycles. The van der Waals surface area contributed by atoms with E-state index in [9.17, 15) is 9.59 Å². The van der Waals surface area contributed by atoms with Gasteiger partial charge in [-0.3, -0.25) is 14.5 Å². The van der Waals surface area contributed by atoms with Crippen molar-refractivity contribution in [2.75, 3.05) is 62.7 Å². The largest absolute Gasteiger partial charge is 0.379 e. The van der Waals surface area contributed by atoms with Gasteiger partial charge in [0.2, 0.25) is 11.8 Å². The second-order valence-corrected chi connectivity index (χ2v) is 9.90. The summed E-state index contributed by atoms with van der Waals surface area (Å²) in [6, 6.07) is 7.98. The molecule has 0 aliphatic carbocycles. The van der Waals surface area contributed by atoms with E-state index in [1.165, 1.54) is 12.8 Å². The van der Waals surface area contributed by atoms with Crippen LogP contribution in [0.1, 0.15) is 44.6 Å². The van der Waals surface area contributed by atoms with E-state index in [1.807, 2.05) is 18.2 Å². The maximum Gasteiger partial charge on any atom is 0.224 e. The molecule has 2 aliphatic rings. The normalized spacial score (nSPS) is 17.5. The van der Waals surface area contributed by atoms with Gasteiger partial charge in [0.05, 0.1) is 18.7 Å². The number of hydrogen-bond donors (Lipinski definition) is 2. The van der Waals surface area contributed by atoms with Crippen molar-refractivity contribution in [1.29, 1.82) is 0 Å². The molecule has 0 saturated carbocycles. The number of ether oxygens (including phenoxy) is 1. The number of aromatic nitrogens is 1. The lowest BCUT2D eigenvalue weighted by molar-refractivity contribution is -0.124. The molecule has 2 amide bonds. The van der Waals surface area contributed by atoms with Crippen molar-refractivity contribution in [2.45, 2.75) is 46.0 Å². The Kier molecular flexibility index (Phi) is 8.93. The predicted molar refractivity (Wildman–Crippen MR) is 140 cm³/mol. The SMILES string of the molecule is Cc1cc(N2CCC(C)CC2)nc2ccc(NC(=O)CCC(=O)NCCCN3CCOCC3)cc12. The summed E-state index contributed by atoms with van der Waals surface area (Å²) in [7, 11) is 0. The highest BCUT2D eigenvalue weighted by molar-refractivity contribution is 5.96. The number of nitrogens with one attached hydrogen (secondary N) is 2. The Morgan fingerprint density at radius 2 is 1.80 bits per heavy atom. The van der Waals surface area contributed by atoms with E-state index in [2.05, 4.69) is 40.3 Å². The molecule has 1 aromatic heterocycles. The van der Waals surface area contributed by atoms with E-state index in [0.29, 0.717) is 6.54 Å². The molecular weight excluding hydrogens is 442 g/mol. The monoisotopic (exact) mass is 481 g/mol. The van der Waals surface area contributed by atoms with Crippen molar-refractivity contribution in [1.82, 2.24) is 15.2 Å². The molecule has 35 heavy (non-hydrogen) atoms. The van der Waals surface area contributed by atoms with Crippen LogP contribution in [0.3, 0.4) is 0 Å². The molecule has 0 spiro atoms. The molecule has 190 valence electrons. The number of aryl methyl sites for hydroxylation is 1. The molecule has 0 radical (unpaired) electrons. The molecule has 2 N–H and O–H groups in total. The topological polar surface area (TPSA) is 86.8 Å². The number of carbonyl (C=O) groups excluding carboxylic acids is 2. The molecule has 0 bridgehead atoms. The van der Waals surface area contributed by atoms with Gasteiger partial charge in [-0.15, -0.1) is 0 Å². The summed E-state index contributed by atoms with van der Waals surface area (Å²) < 4.78 is 5.34. The molecule has 3 heterocycles. The van der Waals surface area contributed by atoms with Crippen LogP contribution in [0.15, 0.2) is 24.3 Å². The highest BCUT2D eigenvalue weighted by Gasteiger charge is 2.18. The number of nitrogens with zero attached hydrogens (tertiary/aromatic N) is 3. The Morgan fingerprint density at radius 1 is 1.06 bits per heavy atom. The standard InChI is InChI=1S/C27H39N5O3/c1-20-8-12-32(13-9-20)25-18-21(2)23-19-22(4-5-24(23)30-25)29-27(34)7-6-26(33)28-10-3-11-31-14-16-35-17-15-31/h4-5,18-20H,3,6-17H2,1-2H3,(H,28,33)(H,29,34). The van der Waals surface area contributed by atoms with Crippen molar-refractivity contribution in [3.8, 4) is 0 Å². The van der Waals surface area contributed by atoms with E-state index < -0.39 is 0 Å². The van der Waals surface area contributed by atoms with Crippen LogP contribution in [0.5, 0.6) is 0 Å². The lowest BCUT2D eigenvalue weighted by Crippen LogP contribution is -2.38. The van der Waals surface area contributed by atoms with E-state index in [4.69, 9.17) is 9.72 Å². The summed E-state index contributed by atoms with van der Waals surface area (Å²) >= 11 is 0. The number of morpholine rings is 1. The second kappa shape index (κ2) is 12.3. The maximum atomic E-state index is 12.4. The molecule has 0 unspecified atom stereocenters. The zero-order valence-corrected chi connectivity index (χ0v) is 21.1. The van der Waals surface area contributed by atoms with Crippen molar-refractivity contribution < 1.29 is 14.3 Å². The Balaban J connectivity index is 1.22. The molecule has 2 aliphatic heterocycles. The fourth-order valence-electron chi connectivity index (χ4n) is 4.75.